The van der Waals surface area contributed by atoms with E-state index in [0.29, 0.717) is 18.4 Å². The van der Waals surface area contributed by atoms with Gasteiger partial charge in [-0.25, -0.2) is 0 Å². The van der Waals surface area contributed by atoms with Crippen LogP contribution < -0.4 is 5.32 Å². The summed E-state index contributed by atoms with van der Waals surface area (Å²) in [6.07, 6.45) is 6.03. The highest BCUT2D eigenvalue weighted by molar-refractivity contribution is 5.76. The Balaban J connectivity index is 1.77. The van der Waals surface area contributed by atoms with Gasteiger partial charge in [0.1, 0.15) is 0 Å². The van der Waals surface area contributed by atoms with Crippen LogP contribution in [-0.4, -0.2) is 50.2 Å². The Morgan fingerprint density at radius 3 is 2.88 bits per heavy atom. The Hall–Kier alpha value is -0.610. The van der Waals surface area contributed by atoms with E-state index in [4.69, 9.17) is 4.74 Å². The first-order chi connectivity index (χ1) is 8.29. The van der Waals surface area contributed by atoms with Crippen molar-refractivity contribution in [3.63, 3.8) is 0 Å². The second-order valence-corrected chi connectivity index (χ2v) is 5.24. The first-order valence-corrected chi connectivity index (χ1v) is 6.83. The fourth-order valence-corrected chi connectivity index (χ4v) is 2.89. The van der Waals surface area contributed by atoms with Crippen LogP contribution in [-0.2, 0) is 9.53 Å². The molecule has 0 aromatic rings. The van der Waals surface area contributed by atoms with Gasteiger partial charge in [0, 0.05) is 26.1 Å². The van der Waals surface area contributed by atoms with Crippen molar-refractivity contribution in [2.75, 3.05) is 33.3 Å². The van der Waals surface area contributed by atoms with Gasteiger partial charge in [0.15, 0.2) is 0 Å². The van der Waals surface area contributed by atoms with Crippen LogP contribution in [0.15, 0.2) is 0 Å². The minimum atomic E-state index is 0.168. The molecular weight excluding hydrogens is 216 g/mol. The molecule has 0 radical (unpaired) electrons. The SMILES string of the molecule is CNCC1CN(C(=O)CC2CCCC2)CCO1. The highest BCUT2D eigenvalue weighted by Gasteiger charge is 2.26. The van der Waals surface area contributed by atoms with E-state index in [1.165, 1.54) is 25.7 Å². The molecule has 1 atom stereocenters. The number of nitrogens with one attached hydrogen (secondary N) is 1. The summed E-state index contributed by atoms with van der Waals surface area (Å²) in [6, 6.07) is 0. The molecule has 4 heteroatoms. The molecule has 1 saturated carbocycles. The number of ether oxygens (including phenoxy) is 1. The van der Waals surface area contributed by atoms with Crippen molar-refractivity contribution in [2.24, 2.45) is 5.92 Å². The van der Waals surface area contributed by atoms with Gasteiger partial charge in [0.25, 0.3) is 0 Å². The molecule has 1 heterocycles. The number of morpholine rings is 1. The van der Waals surface area contributed by atoms with E-state index in [9.17, 15) is 4.79 Å². The highest BCUT2D eigenvalue weighted by Crippen LogP contribution is 2.28. The van der Waals surface area contributed by atoms with Crippen LogP contribution in [0.1, 0.15) is 32.1 Å². The first-order valence-electron chi connectivity index (χ1n) is 6.83. The molecule has 0 bridgehead atoms. The number of likely N-dealkylation sites (N-methyl/N-ethyl adjacent to an activating group) is 1. The molecule has 1 unspecified atom stereocenters. The minimum Gasteiger partial charge on any atom is -0.373 e. The van der Waals surface area contributed by atoms with Crippen molar-refractivity contribution >= 4 is 5.91 Å². The average molecular weight is 240 g/mol. The fourth-order valence-electron chi connectivity index (χ4n) is 2.89. The largest absolute Gasteiger partial charge is 0.373 e. The van der Waals surface area contributed by atoms with Crippen molar-refractivity contribution < 1.29 is 9.53 Å². The van der Waals surface area contributed by atoms with E-state index >= 15 is 0 Å². The summed E-state index contributed by atoms with van der Waals surface area (Å²) in [6.45, 7) is 3.04. The van der Waals surface area contributed by atoms with E-state index in [0.717, 1.165) is 26.1 Å². The van der Waals surface area contributed by atoms with Crippen molar-refractivity contribution in [3.8, 4) is 0 Å². The van der Waals surface area contributed by atoms with Gasteiger partial charge >= 0.3 is 0 Å². The predicted octanol–water partition coefficient (Wildman–Crippen LogP) is 1.01. The van der Waals surface area contributed by atoms with Gasteiger partial charge in [-0.15, -0.1) is 0 Å². The molecule has 1 amide bonds. The number of hydrogen-bond acceptors (Lipinski definition) is 3. The third kappa shape index (κ3) is 3.68. The van der Waals surface area contributed by atoms with Gasteiger partial charge in [-0.3, -0.25) is 4.79 Å². The number of rotatable bonds is 4. The second kappa shape index (κ2) is 6.36. The smallest absolute Gasteiger partial charge is 0.223 e. The molecule has 17 heavy (non-hydrogen) atoms. The number of amides is 1. The number of nitrogens with zero attached hydrogens (tertiary/aromatic N) is 1. The van der Waals surface area contributed by atoms with Crippen LogP contribution >= 0.6 is 0 Å². The molecule has 1 N–H and O–H groups in total. The van der Waals surface area contributed by atoms with Crippen LogP contribution in [0.4, 0.5) is 0 Å². The van der Waals surface area contributed by atoms with Crippen LogP contribution in [0.25, 0.3) is 0 Å². The standard InChI is InChI=1S/C13H24N2O2/c1-14-9-12-10-15(6-7-17-12)13(16)8-11-4-2-3-5-11/h11-12,14H,2-10H2,1H3. The number of hydrogen-bond donors (Lipinski definition) is 1. The van der Waals surface area contributed by atoms with E-state index in [2.05, 4.69) is 5.32 Å². The van der Waals surface area contributed by atoms with Crippen molar-refractivity contribution in [3.05, 3.63) is 0 Å². The molecule has 2 fully saturated rings. The number of carbonyl (C=O) groups excluding carboxylic acids is 1. The first kappa shape index (κ1) is 12.8. The lowest BCUT2D eigenvalue weighted by Gasteiger charge is -2.33. The lowest BCUT2D eigenvalue weighted by atomic mass is 10.0. The maximum absolute atomic E-state index is 12.2. The molecule has 1 aliphatic carbocycles. The lowest BCUT2D eigenvalue weighted by molar-refractivity contribution is -0.139. The summed E-state index contributed by atoms with van der Waals surface area (Å²) < 4.78 is 5.61. The monoisotopic (exact) mass is 240 g/mol. The topological polar surface area (TPSA) is 41.6 Å². The molecule has 1 saturated heterocycles. The molecule has 98 valence electrons. The van der Waals surface area contributed by atoms with Crippen LogP contribution in [0.5, 0.6) is 0 Å². The van der Waals surface area contributed by atoms with E-state index in [1.54, 1.807) is 0 Å². The molecular formula is C13H24N2O2. The third-order valence-corrected chi connectivity index (χ3v) is 3.86. The maximum Gasteiger partial charge on any atom is 0.223 e. The second-order valence-electron chi connectivity index (χ2n) is 5.24. The highest BCUT2D eigenvalue weighted by atomic mass is 16.5. The summed E-state index contributed by atoms with van der Waals surface area (Å²) >= 11 is 0. The summed E-state index contributed by atoms with van der Waals surface area (Å²) in [5, 5.41) is 3.11. The Kier molecular flexibility index (Phi) is 4.80. The van der Waals surface area contributed by atoms with Gasteiger partial charge in [-0.05, 0) is 25.8 Å². The zero-order valence-corrected chi connectivity index (χ0v) is 10.8. The van der Waals surface area contributed by atoms with Crippen molar-refractivity contribution in [2.45, 2.75) is 38.2 Å². The molecule has 0 spiro atoms. The summed E-state index contributed by atoms with van der Waals surface area (Å²) in [4.78, 5) is 14.1. The van der Waals surface area contributed by atoms with Gasteiger partial charge < -0.3 is 15.0 Å². The Labute approximate surface area is 104 Å². The molecule has 2 rings (SSSR count). The predicted molar refractivity (Wildman–Crippen MR) is 66.8 cm³/mol. The van der Waals surface area contributed by atoms with Crippen LogP contribution in [0.2, 0.25) is 0 Å². The van der Waals surface area contributed by atoms with Crippen molar-refractivity contribution in [1.29, 1.82) is 0 Å². The quantitative estimate of drug-likeness (QED) is 0.797. The zero-order valence-electron chi connectivity index (χ0n) is 10.8. The zero-order chi connectivity index (χ0) is 12.1. The van der Waals surface area contributed by atoms with Crippen LogP contribution in [0, 0.1) is 5.92 Å². The lowest BCUT2D eigenvalue weighted by Crippen LogP contribution is -2.48. The Bertz CT molecular complexity index is 250. The fraction of sp³-hybridized carbons (Fsp3) is 0.923. The van der Waals surface area contributed by atoms with Gasteiger partial charge in [-0.2, -0.15) is 0 Å². The van der Waals surface area contributed by atoms with E-state index < -0.39 is 0 Å². The molecule has 0 aromatic heterocycles. The molecule has 2 aliphatic rings. The summed E-state index contributed by atoms with van der Waals surface area (Å²) in [7, 11) is 1.92. The normalized spacial score (nSPS) is 26.4. The molecule has 0 aromatic carbocycles. The average Bonchev–Trinajstić information content (AvgIpc) is 2.83. The van der Waals surface area contributed by atoms with Crippen molar-refractivity contribution in [1.82, 2.24) is 10.2 Å². The Morgan fingerprint density at radius 2 is 2.18 bits per heavy atom. The summed E-state index contributed by atoms with van der Waals surface area (Å²) in [5.41, 5.74) is 0. The van der Waals surface area contributed by atoms with Crippen LogP contribution in [0.3, 0.4) is 0 Å². The van der Waals surface area contributed by atoms with E-state index in [-0.39, 0.29) is 6.10 Å². The van der Waals surface area contributed by atoms with Gasteiger partial charge in [0.2, 0.25) is 5.91 Å². The van der Waals surface area contributed by atoms with Gasteiger partial charge in [-0.1, -0.05) is 12.8 Å². The van der Waals surface area contributed by atoms with Gasteiger partial charge in [0.05, 0.1) is 12.7 Å². The Morgan fingerprint density at radius 1 is 1.41 bits per heavy atom. The number of carbonyl (C=O) groups is 1. The molecule has 4 nitrogen and oxygen atoms in total. The van der Waals surface area contributed by atoms with E-state index in [1.807, 2.05) is 11.9 Å². The summed E-state index contributed by atoms with van der Waals surface area (Å²) in [5.74, 6) is 0.981. The minimum absolute atomic E-state index is 0.168. The maximum atomic E-state index is 12.2. The third-order valence-electron chi connectivity index (χ3n) is 3.86. The molecule has 1 aliphatic heterocycles.